The van der Waals surface area contributed by atoms with E-state index in [-0.39, 0.29) is 23.9 Å². The maximum Gasteiger partial charge on any atom is 0.228 e. The van der Waals surface area contributed by atoms with Crippen molar-refractivity contribution >= 4 is 40.5 Å². The Hall–Kier alpha value is -2.19. The molecule has 8 heteroatoms. The number of aromatic hydroxyl groups is 1. The van der Waals surface area contributed by atoms with E-state index in [0.717, 1.165) is 4.21 Å². The molecule has 6 nitrogen and oxygen atoms in total. The first-order valence-electron chi connectivity index (χ1n) is 6.62. The van der Waals surface area contributed by atoms with Gasteiger partial charge < -0.3 is 20.9 Å². The van der Waals surface area contributed by atoms with Crippen LogP contribution in [0, 0.1) is 5.41 Å². The van der Waals surface area contributed by atoms with E-state index in [4.69, 9.17) is 15.9 Å². The van der Waals surface area contributed by atoms with Gasteiger partial charge in [0.05, 0.1) is 28.3 Å². The summed E-state index contributed by atoms with van der Waals surface area (Å²) >= 11 is 2.87. The van der Waals surface area contributed by atoms with Crippen molar-refractivity contribution < 1.29 is 14.6 Å². The molecule has 0 unspecified atom stereocenters. The topological polar surface area (TPSA) is 108 Å². The number of carbonyl (C=O) groups is 1. The first-order valence-corrected chi connectivity index (χ1v) is 8.66. The molecule has 0 bridgehead atoms. The number of amides is 1. The summed E-state index contributed by atoms with van der Waals surface area (Å²) in [6.45, 7) is 0. The number of hydrogen-bond acceptors (Lipinski definition) is 6. The number of nitrogens with two attached hydrogens (primary N) is 1. The summed E-state index contributed by atoms with van der Waals surface area (Å²) in [6, 6.07) is 6.50. The number of phenols is 1. The second kappa shape index (κ2) is 7.38. The lowest BCUT2D eigenvalue weighted by Crippen LogP contribution is -2.18. The molecule has 0 saturated heterocycles. The molecule has 0 aliphatic rings. The van der Waals surface area contributed by atoms with Crippen LogP contribution in [-0.2, 0) is 11.2 Å². The number of carbonyl (C=O) groups excluding carboxylic acids is 1. The number of thiophene rings is 1. The highest BCUT2D eigenvalue weighted by molar-refractivity contribution is 8.00. The van der Waals surface area contributed by atoms with Crippen molar-refractivity contribution in [3.05, 3.63) is 34.7 Å². The average molecular weight is 351 g/mol. The lowest BCUT2D eigenvalue weighted by Gasteiger charge is -2.08. The summed E-state index contributed by atoms with van der Waals surface area (Å²) in [6.07, 6.45) is 1.90. The smallest absolute Gasteiger partial charge is 0.228 e. The van der Waals surface area contributed by atoms with E-state index in [1.807, 2.05) is 6.26 Å². The van der Waals surface area contributed by atoms with Crippen LogP contribution in [0.3, 0.4) is 0 Å². The quantitative estimate of drug-likeness (QED) is 0.363. The fourth-order valence-electron chi connectivity index (χ4n) is 1.96. The minimum atomic E-state index is -0.304. The van der Waals surface area contributed by atoms with Gasteiger partial charge in [0.1, 0.15) is 17.3 Å². The Labute approximate surface area is 142 Å². The van der Waals surface area contributed by atoms with Crippen LogP contribution in [0.2, 0.25) is 0 Å². The number of anilines is 1. The first-order chi connectivity index (χ1) is 10.9. The number of rotatable bonds is 6. The van der Waals surface area contributed by atoms with E-state index in [2.05, 4.69) is 5.32 Å². The molecular formula is C15H17N3O3S2. The molecule has 0 radical (unpaired) electrons. The van der Waals surface area contributed by atoms with Gasteiger partial charge in [0.15, 0.2) is 0 Å². The van der Waals surface area contributed by atoms with Gasteiger partial charge in [-0.2, -0.15) is 0 Å². The molecule has 0 spiro atoms. The fourth-order valence-corrected chi connectivity index (χ4v) is 3.49. The number of thioether (sulfide) groups is 1. The Morgan fingerprint density at radius 1 is 1.48 bits per heavy atom. The van der Waals surface area contributed by atoms with Gasteiger partial charge in [-0.05, 0) is 30.5 Å². The average Bonchev–Trinajstić information content (AvgIpc) is 2.92. The minimum Gasteiger partial charge on any atom is -0.508 e. The fraction of sp³-hybridized carbons (Fsp3) is 0.200. The molecule has 0 atom stereocenters. The number of amidine groups is 1. The van der Waals surface area contributed by atoms with Crippen molar-refractivity contribution in [2.24, 2.45) is 5.73 Å². The highest BCUT2D eigenvalue weighted by atomic mass is 32.2. The molecule has 0 aliphatic heterocycles. The molecule has 2 rings (SSSR count). The zero-order chi connectivity index (χ0) is 17.0. The summed E-state index contributed by atoms with van der Waals surface area (Å²) in [4.78, 5) is 12.8. The number of nitrogens with one attached hydrogen (secondary N) is 2. The van der Waals surface area contributed by atoms with Crippen LogP contribution in [0.15, 0.2) is 28.5 Å². The van der Waals surface area contributed by atoms with E-state index in [9.17, 15) is 9.90 Å². The SMILES string of the molecule is COc1ccc(O)c(CC(=O)Nc2cc(SC)sc2C(=N)N)c1. The Bertz CT molecular complexity index is 744. The molecular weight excluding hydrogens is 334 g/mol. The predicted molar refractivity (Wildman–Crippen MR) is 94.1 cm³/mol. The van der Waals surface area contributed by atoms with Gasteiger partial charge in [0.2, 0.25) is 5.91 Å². The largest absolute Gasteiger partial charge is 0.508 e. The first kappa shape index (κ1) is 17.2. The van der Waals surface area contributed by atoms with Gasteiger partial charge in [-0.3, -0.25) is 10.2 Å². The highest BCUT2D eigenvalue weighted by Gasteiger charge is 2.15. The molecule has 0 saturated carbocycles. The van der Waals surface area contributed by atoms with Crippen molar-refractivity contribution in [2.75, 3.05) is 18.7 Å². The van der Waals surface area contributed by atoms with Crippen LogP contribution in [0.5, 0.6) is 11.5 Å². The number of ether oxygens (including phenoxy) is 1. The number of nitrogen functional groups attached to an aromatic ring is 1. The summed E-state index contributed by atoms with van der Waals surface area (Å²) in [5.74, 6) is 0.203. The van der Waals surface area contributed by atoms with Crippen molar-refractivity contribution in [3.63, 3.8) is 0 Å². The third-order valence-electron chi connectivity index (χ3n) is 3.07. The zero-order valence-electron chi connectivity index (χ0n) is 12.7. The number of phenolic OH excluding ortho intramolecular Hbond substituents is 1. The monoisotopic (exact) mass is 351 g/mol. The van der Waals surface area contributed by atoms with Gasteiger partial charge in [0.25, 0.3) is 0 Å². The minimum absolute atomic E-state index is 0.00910. The van der Waals surface area contributed by atoms with Crippen LogP contribution in [0.1, 0.15) is 10.4 Å². The third kappa shape index (κ3) is 4.17. The molecule has 23 heavy (non-hydrogen) atoms. The molecule has 1 heterocycles. The molecule has 0 aliphatic carbocycles. The van der Waals surface area contributed by atoms with Crippen LogP contribution in [0.4, 0.5) is 5.69 Å². The molecule has 0 fully saturated rings. The summed E-state index contributed by atoms with van der Waals surface area (Å²) in [5, 5.41) is 20.2. The van der Waals surface area contributed by atoms with Crippen molar-refractivity contribution in [1.29, 1.82) is 5.41 Å². The predicted octanol–water partition coefficient (Wildman–Crippen LogP) is 2.65. The Morgan fingerprint density at radius 3 is 2.83 bits per heavy atom. The van der Waals surface area contributed by atoms with E-state index in [0.29, 0.717) is 21.9 Å². The van der Waals surface area contributed by atoms with Crippen LogP contribution in [0.25, 0.3) is 0 Å². The Morgan fingerprint density at radius 2 is 2.22 bits per heavy atom. The van der Waals surface area contributed by atoms with Gasteiger partial charge in [0, 0.05) is 5.56 Å². The second-order valence-corrected chi connectivity index (χ2v) is 6.80. The molecule has 5 N–H and O–H groups in total. The van der Waals surface area contributed by atoms with Crippen molar-refractivity contribution in [2.45, 2.75) is 10.6 Å². The third-order valence-corrected chi connectivity index (χ3v) is 5.30. The highest BCUT2D eigenvalue weighted by Crippen LogP contribution is 2.33. The normalized spacial score (nSPS) is 10.3. The van der Waals surface area contributed by atoms with E-state index < -0.39 is 0 Å². The molecule has 1 aromatic heterocycles. The lowest BCUT2D eigenvalue weighted by atomic mass is 10.1. The standard InChI is InChI=1S/C15H17N3O3S2/c1-21-9-3-4-11(19)8(5-9)6-12(20)18-10-7-13(22-2)23-14(10)15(16)17/h3-5,7,19H,6H2,1-2H3,(H3,16,17)(H,18,20). The van der Waals surface area contributed by atoms with Crippen LogP contribution < -0.4 is 15.8 Å². The van der Waals surface area contributed by atoms with Crippen molar-refractivity contribution in [3.8, 4) is 11.5 Å². The zero-order valence-corrected chi connectivity index (χ0v) is 14.3. The Kier molecular flexibility index (Phi) is 5.51. The summed E-state index contributed by atoms with van der Waals surface area (Å²) in [7, 11) is 1.52. The van der Waals surface area contributed by atoms with E-state index in [1.165, 1.54) is 36.3 Å². The van der Waals surface area contributed by atoms with Crippen molar-refractivity contribution in [1.82, 2.24) is 0 Å². The maximum absolute atomic E-state index is 12.2. The molecule has 1 aromatic carbocycles. The maximum atomic E-state index is 12.2. The molecule has 2 aromatic rings. The van der Waals surface area contributed by atoms with E-state index in [1.54, 1.807) is 18.2 Å². The number of benzene rings is 1. The molecule has 122 valence electrons. The Balaban J connectivity index is 2.17. The van der Waals surface area contributed by atoms with Gasteiger partial charge in [-0.1, -0.05) is 0 Å². The number of methoxy groups -OCH3 is 1. The second-order valence-electron chi connectivity index (χ2n) is 4.65. The van der Waals surface area contributed by atoms with Crippen LogP contribution in [-0.4, -0.2) is 30.2 Å². The van der Waals surface area contributed by atoms with Crippen LogP contribution >= 0.6 is 23.1 Å². The van der Waals surface area contributed by atoms with Gasteiger partial charge >= 0.3 is 0 Å². The van der Waals surface area contributed by atoms with E-state index >= 15 is 0 Å². The summed E-state index contributed by atoms with van der Waals surface area (Å²) < 4.78 is 6.04. The molecule has 1 amide bonds. The summed E-state index contributed by atoms with van der Waals surface area (Å²) in [5.41, 5.74) is 6.53. The number of hydrogen-bond donors (Lipinski definition) is 4. The van der Waals surface area contributed by atoms with Gasteiger partial charge in [-0.15, -0.1) is 23.1 Å². The van der Waals surface area contributed by atoms with Gasteiger partial charge in [-0.25, -0.2) is 0 Å². The lowest BCUT2D eigenvalue weighted by molar-refractivity contribution is -0.115.